The van der Waals surface area contributed by atoms with Crippen LogP contribution in [-0.2, 0) is 11.2 Å². The van der Waals surface area contributed by atoms with Gasteiger partial charge in [0.05, 0.1) is 5.92 Å². The summed E-state index contributed by atoms with van der Waals surface area (Å²) in [5.41, 5.74) is 0. The number of rotatable bonds is 4. The number of urea groups is 1. The molecule has 1 atom stereocenters. The van der Waals surface area contributed by atoms with Crippen LogP contribution < -0.4 is 10.6 Å². The number of likely N-dealkylation sites (tertiary alicyclic amines) is 1. The summed E-state index contributed by atoms with van der Waals surface area (Å²) in [6, 6.07) is -0.166. The van der Waals surface area contributed by atoms with Crippen molar-refractivity contribution in [1.82, 2.24) is 15.2 Å². The number of aryl methyl sites for hydroxylation is 1. The molecule has 0 radical (unpaired) electrons. The molecule has 21 heavy (non-hydrogen) atoms. The molecule has 1 aliphatic heterocycles. The summed E-state index contributed by atoms with van der Waals surface area (Å²) in [5, 5.41) is 6.11. The maximum Gasteiger partial charge on any atom is 0.323 e. The average molecular weight is 310 g/mol. The molecule has 1 aromatic rings. The first-order valence-corrected chi connectivity index (χ1v) is 8.18. The van der Waals surface area contributed by atoms with Gasteiger partial charge < -0.3 is 10.2 Å². The Labute approximate surface area is 128 Å². The van der Waals surface area contributed by atoms with Crippen LogP contribution >= 0.6 is 11.3 Å². The molecule has 7 heteroatoms. The minimum Gasteiger partial charge on any atom is -0.359 e. The third-order valence-corrected chi connectivity index (χ3v) is 4.56. The summed E-state index contributed by atoms with van der Waals surface area (Å²) >= 11 is 1.51. The number of amides is 3. The van der Waals surface area contributed by atoms with Crippen molar-refractivity contribution < 1.29 is 9.59 Å². The van der Waals surface area contributed by atoms with Gasteiger partial charge in [0.15, 0.2) is 5.13 Å². The Hall–Kier alpha value is -1.63. The maximum absolute atomic E-state index is 12.2. The Kier molecular flexibility index (Phi) is 5.55. The van der Waals surface area contributed by atoms with Crippen molar-refractivity contribution in [3.8, 4) is 0 Å². The normalized spacial score (nSPS) is 18.4. The Balaban J connectivity index is 1.91. The molecule has 2 heterocycles. The third kappa shape index (κ3) is 4.17. The van der Waals surface area contributed by atoms with E-state index in [4.69, 9.17) is 0 Å². The van der Waals surface area contributed by atoms with E-state index < -0.39 is 0 Å². The number of hydrogen-bond acceptors (Lipinski definition) is 4. The Morgan fingerprint density at radius 1 is 1.52 bits per heavy atom. The van der Waals surface area contributed by atoms with Gasteiger partial charge in [-0.1, -0.05) is 13.3 Å². The number of anilines is 1. The predicted molar refractivity (Wildman–Crippen MR) is 83.5 cm³/mol. The van der Waals surface area contributed by atoms with Crippen LogP contribution in [0.15, 0.2) is 6.20 Å². The molecule has 2 rings (SSSR count). The highest BCUT2D eigenvalue weighted by Crippen LogP contribution is 2.21. The van der Waals surface area contributed by atoms with Crippen LogP contribution in [0.2, 0.25) is 0 Å². The number of piperidine rings is 1. The fourth-order valence-electron chi connectivity index (χ4n) is 2.48. The van der Waals surface area contributed by atoms with Crippen molar-refractivity contribution in [2.45, 2.75) is 32.6 Å². The van der Waals surface area contributed by atoms with E-state index in [1.54, 1.807) is 11.9 Å². The van der Waals surface area contributed by atoms with Gasteiger partial charge in [0.2, 0.25) is 5.91 Å². The first kappa shape index (κ1) is 15.8. The molecule has 0 bridgehead atoms. The lowest BCUT2D eigenvalue weighted by Crippen LogP contribution is -2.46. The molecular weight excluding hydrogens is 288 g/mol. The summed E-state index contributed by atoms with van der Waals surface area (Å²) in [5.74, 6) is -0.103. The maximum atomic E-state index is 12.2. The van der Waals surface area contributed by atoms with Crippen LogP contribution in [0.4, 0.5) is 9.93 Å². The number of nitrogens with one attached hydrogen (secondary N) is 2. The van der Waals surface area contributed by atoms with Gasteiger partial charge in [-0.2, -0.15) is 0 Å². The Morgan fingerprint density at radius 2 is 2.33 bits per heavy atom. The van der Waals surface area contributed by atoms with E-state index in [9.17, 15) is 9.59 Å². The number of nitrogens with zero attached hydrogens (tertiary/aromatic N) is 2. The van der Waals surface area contributed by atoms with Gasteiger partial charge in [-0.15, -0.1) is 11.3 Å². The topological polar surface area (TPSA) is 74.3 Å². The van der Waals surface area contributed by atoms with Gasteiger partial charge in [-0.25, -0.2) is 9.78 Å². The zero-order valence-electron chi connectivity index (χ0n) is 12.5. The number of aromatic nitrogens is 1. The Morgan fingerprint density at radius 3 is 3.05 bits per heavy atom. The molecule has 0 aliphatic carbocycles. The lowest BCUT2D eigenvalue weighted by atomic mass is 9.97. The van der Waals surface area contributed by atoms with Gasteiger partial charge in [0, 0.05) is 31.2 Å². The second kappa shape index (κ2) is 7.40. The second-order valence-electron chi connectivity index (χ2n) is 5.21. The number of carbonyl (C=O) groups excluding carboxylic acids is 2. The van der Waals surface area contributed by atoms with E-state index in [1.807, 2.05) is 6.20 Å². The molecule has 1 aliphatic rings. The van der Waals surface area contributed by atoms with Crippen LogP contribution in [0.3, 0.4) is 0 Å². The van der Waals surface area contributed by atoms with Crippen LogP contribution in [0, 0.1) is 5.92 Å². The molecule has 0 spiro atoms. The summed E-state index contributed by atoms with van der Waals surface area (Å²) < 4.78 is 0. The van der Waals surface area contributed by atoms with Crippen LogP contribution in [0.25, 0.3) is 0 Å². The van der Waals surface area contributed by atoms with Crippen molar-refractivity contribution >= 4 is 28.4 Å². The van der Waals surface area contributed by atoms with Crippen LogP contribution in [-0.4, -0.2) is 42.0 Å². The van der Waals surface area contributed by atoms with Crippen molar-refractivity contribution in [3.63, 3.8) is 0 Å². The number of thiazole rings is 1. The monoisotopic (exact) mass is 310 g/mol. The van der Waals surface area contributed by atoms with E-state index >= 15 is 0 Å². The molecule has 1 fully saturated rings. The van der Waals surface area contributed by atoms with Gasteiger partial charge in [-0.05, 0) is 19.3 Å². The fourth-order valence-corrected chi connectivity index (χ4v) is 3.38. The van der Waals surface area contributed by atoms with Crippen molar-refractivity contribution in [2.24, 2.45) is 5.92 Å². The van der Waals surface area contributed by atoms with Crippen molar-refractivity contribution in [3.05, 3.63) is 11.1 Å². The van der Waals surface area contributed by atoms with Gasteiger partial charge in [-0.3, -0.25) is 10.1 Å². The largest absolute Gasteiger partial charge is 0.359 e. The van der Waals surface area contributed by atoms with E-state index in [0.29, 0.717) is 18.2 Å². The second-order valence-corrected chi connectivity index (χ2v) is 6.33. The van der Waals surface area contributed by atoms with E-state index in [-0.39, 0.29) is 17.9 Å². The number of carbonyl (C=O) groups is 2. The molecule has 1 unspecified atom stereocenters. The van der Waals surface area contributed by atoms with E-state index in [0.717, 1.165) is 25.7 Å². The lowest BCUT2D eigenvalue weighted by molar-refractivity contribution is -0.125. The first-order valence-electron chi connectivity index (χ1n) is 7.36. The van der Waals surface area contributed by atoms with Crippen LogP contribution in [0.5, 0.6) is 0 Å². The van der Waals surface area contributed by atoms with Crippen molar-refractivity contribution in [1.29, 1.82) is 0 Å². The molecule has 0 aromatic carbocycles. The summed E-state index contributed by atoms with van der Waals surface area (Å²) in [6.07, 6.45) is 5.55. The zero-order chi connectivity index (χ0) is 15.2. The highest BCUT2D eigenvalue weighted by molar-refractivity contribution is 7.15. The summed E-state index contributed by atoms with van der Waals surface area (Å²) in [4.78, 5) is 31.0. The predicted octanol–water partition coefficient (Wildman–Crippen LogP) is 2.09. The molecule has 3 amide bonds. The van der Waals surface area contributed by atoms with Crippen molar-refractivity contribution in [2.75, 3.05) is 25.5 Å². The molecule has 116 valence electrons. The average Bonchev–Trinajstić information content (AvgIpc) is 2.94. The Bertz CT molecular complexity index is 503. The highest BCUT2D eigenvalue weighted by Gasteiger charge is 2.28. The SMILES string of the molecule is CCCc1cnc(NC(=O)N2CCCC(C(=O)NC)C2)s1. The van der Waals surface area contributed by atoms with E-state index in [2.05, 4.69) is 22.5 Å². The number of hydrogen-bond donors (Lipinski definition) is 2. The van der Waals surface area contributed by atoms with Gasteiger partial charge in [0.25, 0.3) is 0 Å². The summed E-state index contributed by atoms with van der Waals surface area (Å²) in [7, 11) is 1.63. The minimum absolute atomic E-state index is 0.00646. The smallest absolute Gasteiger partial charge is 0.323 e. The zero-order valence-corrected chi connectivity index (χ0v) is 13.3. The fraction of sp³-hybridized carbons (Fsp3) is 0.643. The molecule has 1 saturated heterocycles. The molecular formula is C14H22N4O2S. The standard InChI is InChI=1S/C14H22N4O2S/c1-3-5-11-8-16-13(21-11)17-14(20)18-7-4-6-10(9-18)12(19)15-2/h8,10H,3-7,9H2,1-2H3,(H,15,19)(H,16,17,20). The molecule has 1 aromatic heterocycles. The minimum atomic E-state index is -0.166. The third-order valence-electron chi connectivity index (χ3n) is 3.59. The van der Waals surface area contributed by atoms with Gasteiger partial charge >= 0.3 is 6.03 Å². The van der Waals surface area contributed by atoms with Crippen LogP contribution in [0.1, 0.15) is 31.1 Å². The first-order chi connectivity index (χ1) is 10.1. The highest BCUT2D eigenvalue weighted by atomic mass is 32.1. The van der Waals surface area contributed by atoms with Gasteiger partial charge in [0.1, 0.15) is 0 Å². The summed E-state index contributed by atoms with van der Waals surface area (Å²) in [6.45, 7) is 3.27. The quantitative estimate of drug-likeness (QED) is 0.894. The lowest BCUT2D eigenvalue weighted by Gasteiger charge is -2.31. The molecule has 0 saturated carbocycles. The van der Waals surface area contributed by atoms with E-state index in [1.165, 1.54) is 16.2 Å². The molecule has 6 nitrogen and oxygen atoms in total. The molecule has 2 N–H and O–H groups in total.